The van der Waals surface area contributed by atoms with Crippen molar-refractivity contribution in [3.8, 4) is 5.88 Å². The molecule has 2 nitrogen and oxygen atoms in total. The van der Waals surface area contributed by atoms with Gasteiger partial charge in [0.15, 0.2) is 0 Å². The fourth-order valence-electron chi connectivity index (χ4n) is 2.06. The third kappa shape index (κ3) is 2.95. The Balaban J connectivity index is 1.98. The van der Waals surface area contributed by atoms with E-state index in [2.05, 4.69) is 4.98 Å². The number of halogens is 2. The number of benzene rings is 2. The molecule has 0 aliphatic heterocycles. The Morgan fingerprint density at radius 2 is 1.62 bits per heavy atom. The number of hydrogen-bond donors (Lipinski definition) is 1. The van der Waals surface area contributed by atoms with Crippen LogP contribution in [0, 0.1) is 0 Å². The summed E-state index contributed by atoms with van der Waals surface area (Å²) in [5, 5.41) is 13.4. The Hall–Kier alpha value is -1.42. The van der Waals surface area contributed by atoms with Crippen LogP contribution < -0.4 is 0 Å². The molecule has 0 saturated heterocycles. The summed E-state index contributed by atoms with van der Waals surface area (Å²) in [6, 6.07) is 15.3. The quantitative estimate of drug-likeness (QED) is 0.638. The molecule has 0 atom stereocenters. The van der Waals surface area contributed by atoms with Gasteiger partial charge in [-0.3, -0.25) is 0 Å². The molecule has 0 radical (unpaired) electrons. The molecule has 0 spiro atoms. The van der Waals surface area contributed by atoms with E-state index in [0.717, 1.165) is 26.4 Å². The van der Waals surface area contributed by atoms with E-state index in [1.54, 1.807) is 0 Å². The van der Waals surface area contributed by atoms with Gasteiger partial charge in [-0.05, 0) is 11.6 Å². The molecule has 1 aromatic heterocycles. The molecule has 21 heavy (non-hydrogen) atoms. The Bertz CT molecular complexity index is 807. The number of fused-ring (bicyclic) bond motifs is 1. The summed E-state index contributed by atoms with van der Waals surface area (Å²) in [5.41, 5.74) is 1.03. The van der Waals surface area contributed by atoms with Crippen LogP contribution in [0.4, 0.5) is 0 Å². The van der Waals surface area contributed by atoms with Gasteiger partial charge in [-0.2, -0.15) is 0 Å². The van der Waals surface area contributed by atoms with E-state index in [0.29, 0.717) is 5.75 Å². The normalized spacial score (nSPS) is 11.0. The maximum atomic E-state index is 9.87. The van der Waals surface area contributed by atoms with Gasteiger partial charge in [0.05, 0.1) is 0 Å². The molecular formula is C16H11Cl2NOS. The minimum absolute atomic E-state index is 0.142. The highest BCUT2D eigenvalue weighted by Crippen LogP contribution is 2.37. The zero-order valence-corrected chi connectivity index (χ0v) is 13.2. The highest BCUT2D eigenvalue weighted by Gasteiger charge is 2.12. The molecule has 0 aliphatic carbocycles. The number of hydrogen-bond acceptors (Lipinski definition) is 3. The van der Waals surface area contributed by atoms with Crippen molar-refractivity contribution in [1.82, 2.24) is 4.98 Å². The molecule has 0 saturated carbocycles. The molecule has 1 N–H and O–H groups in total. The summed E-state index contributed by atoms with van der Waals surface area (Å²) in [4.78, 5) is 4.19. The van der Waals surface area contributed by atoms with Gasteiger partial charge in [0.25, 0.3) is 0 Å². The third-order valence-electron chi connectivity index (χ3n) is 3.12. The maximum absolute atomic E-state index is 9.87. The first-order valence-electron chi connectivity index (χ1n) is 6.30. The van der Waals surface area contributed by atoms with E-state index < -0.39 is 0 Å². The van der Waals surface area contributed by atoms with Crippen molar-refractivity contribution >= 4 is 45.7 Å². The molecule has 106 valence electrons. The molecule has 5 heteroatoms. The van der Waals surface area contributed by atoms with Gasteiger partial charge in [0.1, 0.15) is 10.0 Å². The summed E-state index contributed by atoms with van der Waals surface area (Å²) in [6.45, 7) is 0. The van der Waals surface area contributed by atoms with Crippen LogP contribution in [0.25, 0.3) is 10.8 Å². The highest BCUT2D eigenvalue weighted by atomic mass is 35.5. The second-order valence-corrected chi connectivity index (χ2v) is 6.23. The largest absolute Gasteiger partial charge is 0.492 e. The molecule has 2 aromatic carbocycles. The van der Waals surface area contributed by atoms with Crippen molar-refractivity contribution in [2.75, 3.05) is 0 Å². The molecule has 0 amide bonds. The van der Waals surface area contributed by atoms with Crippen LogP contribution in [0.3, 0.4) is 0 Å². The van der Waals surface area contributed by atoms with Gasteiger partial charge in [0, 0.05) is 21.5 Å². The topological polar surface area (TPSA) is 33.1 Å². The predicted molar refractivity (Wildman–Crippen MR) is 89.4 cm³/mol. The maximum Gasteiger partial charge on any atom is 0.231 e. The van der Waals surface area contributed by atoms with Crippen LogP contribution in [-0.2, 0) is 5.75 Å². The molecule has 0 fully saturated rings. The van der Waals surface area contributed by atoms with Crippen molar-refractivity contribution in [2.24, 2.45) is 0 Å². The van der Waals surface area contributed by atoms with Crippen LogP contribution in [-0.4, -0.2) is 10.1 Å². The van der Waals surface area contributed by atoms with E-state index in [1.165, 1.54) is 11.8 Å². The second-order valence-electron chi connectivity index (χ2n) is 4.48. The first-order chi connectivity index (χ1) is 10.2. The molecule has 3 aromatic rings. The van der Waals surface area contributed by atoms with Crippen molar-refractivity contribution in [3.05, 3.63) is 64.1 Å². The smallest absolute Gasteiger partial charge is 0.231 e. The fraction of sp³-hybridized carbons (Fsp3) is 0.0625. The first-order valence-corrected chi connectivity index (χ1v) is 8.04. The summed E-state index contributed by atoms with van der Waals surface area (Å²) in [5.74, 6) is 0.537. The Kier molecular flexibility index (Phi) is 4.24. The van der Waals surface area contributed by atoms with Gasteiger partial charge in [0.2, 0.25) is 5.88 Å². The van der Waals surface area contributed by atoms with Gasteiger partial charge in [-0.1, -0.05) is 65.7 Å². The van der Waals surface area contributed by atoms with Crippen LogP contribution in [0.1, 0.15) is 5.56 Å². The Morgan fingerprint density at radius 1 is 0.952 bits per heavy atom. The average molecular weight is 336 g/mol. The first kappa shape index (κ1) is 14.5. The lowest BCUT2D eigenvalue weighted by molar-refractivity contribution is 0.450. The average Bonchev–Trinajstić information content (AvgIpc) is 2.51. The standard InChI is InChI=1S/C16H11Cl2NOS/c17-13-8-4-1-5-10(13)9-21-16-12-7-3-2-6-11(12)14(18)15(20)19-16/h1-8H,9H2,(H,19,20). The zero-order chi connectivity index (χ0) is 14.8. The number of rotatable bonds is 3. The van der Waals surface area contributed by atoms with E-state index in [9.17, 15) is 5.11 Å². The molecule has 0 unspecified atom stereocenters. The van der Waals surface area contributed by atoms with Crippen molar-refractivity contribution in [2.45, 2.75) is 10.8 Å². The summed E-state index contributed by atoms with van der Waals surface area (Å²) < 4.78 is 0. The van der Waals surface area contributed by atoms with E-state index in [4.69, 9.17) is 23.2 Å². The SMILES string of the molecule is Oc1nc(SCc2ccccc2Cl)c2ccccc2c1Cl. The van der Waals surface area contributed by atoms with Gasteiger partial charge in [-0.25, -0.2) is 4.98 Å². The Labute approximate surface area is 136 Å². The lowest BCUT2D eigenvalue weighted by Crippen LogP contribution is -1.88. The zero-order valence-electron chi connectivity index (χ0n) is 10.9. The molecule has 3 rings (SSSR count). The van der Waals surface area contributed by atoms with Gasteiger partial charge < -0.3 is 5.11 Å². The lowest BCUT2D eigenvalue weighted by atomic mass is 10.2. The van der Waals surface area contributed by atoms with E-state index in [-0.39, 0.29) is 10.9 Å². The monoisotopic (exact) mass is 335 g/mol. The summed E-state index contributed by atoms with van der Waals surface area (Å²) in [6.07, 6.45) is 0. The van der Waals surface area contributed by atoms with E-state index in [1.807, 2.05) is 48.5 Å². The third-order valence-corrected chi connectivity index (χ3v) is 4.90. The van der Waals surface area contributed by atoms with Crippen molar-refractivity contribution in [3.63, 3.8) is 0 Å². The van der Waals surface area contributed by atoms with Crippen LogP contribution in [0.15, 0.2) is 53.6 Å². The van der Waals surface area contributed by atoms with E-state index >= 15 is 0 Å². The molecule has 1 heterocycles. The lowest BCUT2D eigenvalue weighted by Gasteiger charge is -2.09. The second kappa shape index (κ2) is 6.14. The number of nitrogens with zero attached hydrogens (tertiary/aromatic N) is 1. The van der Waals surface area contributed by atoms with Crippen molar-refractivity contribution in [1.29, 1.82) is 0 Å². The van der Waals surface area contributed by atoms with Crippen LogP contribution in [0.2, 0.25) is 10.0 Å². The predicted octanol–water partition coefficient (Wildman–Crippen LogP) is 5.54. The number of aromatic nitrogens is 1. The van der Waals surface area contributed by atoms with Crippen LogP contribution in [0.5, 0.6) is 5.88 Å². The minimum Gasteiger partial charge on any atom is -0.492 e. The molecular weight excluding hydrogens is 325 g/mol. The fourth-order valence-corrected chi connectivity index (χ4v) is 3.58. The molecule has 0 aliphatic rings. The number of aromatic hydroxyl groups is 1. The number of thioether (sulfide) groups is 1. The summed E-state index contributed by atoms with van der Waals surface area (Å²) >= 11 is 13.8. The highest BCUT2D eigenvalue weighted by molar-refractivity contribution is 7.98. The molecule has 0 bridgehead atoms. The van der Waals surface area contributed by atoms with Gasteiger partial charge in [-0.15, -0.1) is 11.8 Å². The Morgan fingerprint density at radius 3 is 2.38 bits per heavy atom. The number of pyridine rings is 1. The van der Waals surface area contributed by atoms with Crippen LogP contribution >= 0.6 is 35.0 Å². The minimum atomic E-state index is -0.142. The summed E-state index contributed by atoms with van der Waals surface area (Å²) in [7, 11) is 0. The van der Waals surface area contributed by atoms with Gasteiger partial charge >= 0.3 is 0 Å². The van der Waals surface area contributed by atoms with Crippen molar-refractivity contribution < 1.29 is 5.11 Å².